The molecule has 1 unspecified atom stereocenters. The highest BCUT2D eigenvalue weighted by Crippen LogP contribution is 2.30. The third kappa shape index (κ3) is 2.41. The van der Waals surface area contributed by atoms with E-state index < -0.39 is 0 Å². The zero-order valence-electron chi connectivity index (χ0n) is 10.7. The van der Waals surface area contributed by atoms with E-state index in [1.54, 1.807) is 0 Å². The standard InChI is InChI=1S/C15H21N/c1-6-12(10-16)13-8-7-9-14(11(13)2)15(3,4)5/h6-10,12,16H,1H2,2-5H3. The first-order chi connectivity index (χ1) is 7.41. The van der Waals surface area contributed by atoms with Crippen molar-refractivity contribution < 1.29 is 0 Å². The molecule has 1 heteroatoms. The normalized spacial score (nSPS) is 13.2. The van der Waals surface area contributed by atoms with Gasteiger partial charge in [0.25, 0.3) is 0 Å². The van der Waals surface area contributed by atoms with Crippen molar-refractivity contribution in [2.24, 2.45) is 0 Å². The monoisotopic (exact) mass is 215 g/mol. The fourth-order valence-corrected chi connectivity index (χ4v) is 2.11. The van der Waals surface area contributed by atoms with Gasteiger partial charge in [-0.05, 0) is 29.0 Å². The van der Waals surface area contributed by atoms with Crippen molar-refractivity contribution in [2.45, 2.75) is 39.0 Å². The second-order valence-electron chi connectivity index (χ2n) is 5.20. The van der Waals surface area contributed by atoms with E-state index in [9.17, 15) is 0 Å². The fraction of sp³-hybridized carbons (Fsp3) is 0.400. The van der Waals surface area contributed by atoms with E-state index in [2.05, 4.69) is 52.5 Å². The van der Waals surface area contributed by atoms with Gasteiger partial charge in [0, 0.05) is 12.1 Å². The number of nitrogens with one attached hydrogen (secondary N) is 1. The minimum absolute atomic E-state index is 0.0299. The quantitative estimate of drug-likeness (QED) is 0.577. The molecular formula is C15H21N. The summed E-state index contributed by atoms with van der Waals surface area (Å²) in [5.74, 6) is 0.0299. The average Bonchev–Trinajstić information content (AvgIpc) is 2.20. The van der Waals surface area contributed by atoms with Gasteiger partial charge in [-0.2, -0.15) is 0 Å². The Kier molecular flexibility index (Phi) is 3.69. The van der Waals surface area contributed by atoms with Gasteiger partial charge in [-0.25, -0.2) is 0 Å². The van der Waals surface area contributed by atoms with Crippen LogP contribution in [0.4, 0.5) is 0 Å². The number of hydrogen-bond donors (Lipinski definition) is 1. The lowest BCUT2D eigenvalue weighted by molar-refractivity contribution is 0.585. The maximum absolute atomic E-state index is 7.42. The van der Waals surface area contributed by atoms with Crippen LogP contribution < -0.4 is 0 Å². The molecule has 1 N–H and O–H groups in total. The second-order valence-corrected chi connectivity index (χ2v) is 5.20. The minimum atomic E-state index is 0.0299. The molecule has 0 aromatic heterocycles. The van der Waals surface area contributed by atoms with Crippen LogP contribution >= 0.6 is 0 Å². The van der Waals surface area contributed by atoms with E-state index >= 15 is 0 Å². The van der Waals surface area contributed by atoms with Crippen LogP contribution in [-0.4, -0.2) is 6.21 Å². The largest absolute Gasteiger partial charge is 0.312 e. The van der Waals surface area contributed by atoms with E-state index in [4.69, 9.17) is 5.41 Å². The number of allylic oxidation sites excluding steroid dienone is 1. The fourth-order valence-electron chi connectivity index (χ4n) is 2.11. The lowest BCUT2D eigenvalue weighted by Gasteiger charge is -2.24. The van der Waals surface area contributed by atoms with Gasteiger partial charge < -0.3 is 5.41 Å². The van der Waals surface area contributed by atoms with Gasteiger partial charge in [-0.1, -0.05) is 45.0 Å². The molecular weight excluding hydrogens is 194 g/mol. The predicted molar refractivity (Wildman–Crippen MR) is 71.6 cm³/mol. The van der Waals surface area contributed by atoms with E-state index in [0.29, 0.717) is 0 Å². The molecule has 0 saturated heterocycles. The summed E-state index contributed by atoms with van der Waals surface area (Å²) in [6, 6.07) is 6.33. The van der Waals surface area contributed by atoms with E-state index in [1.165, 1.54) is 22.9 Å². The number of rotatable bonds is 3. The van der Waals surface area contributed by atoms with Gasteiger partial charge in [-0.15, -0.1) is 6.58 Å². The maximum atomic E-state index is 7.42. The van der Waals surface area contributed by atoms with Gasteiger partial charge in [-0.3, -0.25) is 0 Å². The maximum Gasteiger partial charge on any atom is 0.0366 e. The first-order valence-electron chi connectivity index (χ1n) is 5.65. The van der Waals surface area contributed by atoms with Gasteiger partial charge in [0.2, 0.25) is 0 Å². The van der Waals surface area contributed by atoms with Gasteiger partial charge in [0.15, 0.2) is 0 Å². The summed E-state index contributed by atoms with van der Waals surface area (Å²) >= 11 is 0. The summed E-state index contributed by atoms with van der Waals surface area (Å²) in [6.07, 6.45) is 3.27. The number of hydrogen-bond acceptors (Lipinski definition) is 1. The van der Waals surface area contributed by atoms with Crippen molar-refractivity contribution in [2.75, 3.05) is 0 Å². The highest BCUT2D eigenvalue weighted by molar-refractivity contribution is 5.69. The SMILES string of the molecule is C=CC(C=N)c1cccc(C(C)(C)C)c1C. The predicted octanol–water partition coefficient (Wildman–Crippen LogP) is 4.21. The molecule has 0 aliphatic rings. The van der Waals surface area contributed by atoms with Crippen LogP contribution in [0.2, 0.25) is 0 Å². The first kappa shape index (κ1) is 12.7. The van der Waals surface area contributed by atoms with Crippen molar-refractivity contribution in [1.82, 2.24) is 0 Å². The Hall–Kier alpha value is -1.37. The van der Waals surface area contributed by atoms with Crippen LogP contribution in [0.15, 0.2) is 30.9 Å². The molecule has 86 valence electrons. The molecule has 0 saturated carbocycles. The lowest BCUT2D eigenvalue weighted by atomic mass is 9.80. The zero-order valence-corrected chi connectivity index (χ0v) is 10.7. The molecule has 0 radical (unpaired) electrons. The molecule has 0 aliphatic carbocycles. The van der Waals surface area contributed by atoms with Gasteiger partial charge in [0.1, 0.15) is 0 Å². The Morgan fingerprint density at radius 2 is 1.94 bits per heavy atom. The Morgan fingerprint density at radius 3 is 2.38 bits per heavy atom. The molecule has 16 heavy (non-hydrogen) atoms. The smallest absolute Gasteiger partial charge is 0.0366 e. The molecule has 1 rings (SSSR count). The minimum Gasteiger partial charge on any atom is -0.312 e. The molecule has 0 aliphatic heterocycles. The Morgan fingerprint density at radius 1 is 1.31 bits per heavy atom. The molecule has 1 atom stereocenters. The van der Waals surface area contributed by atoms with Gasteiger partial charge in [0.05, 0.1) is 0 Å². The molecule has 0 fully saturated rings. The Labute approximate surface area is 98.7 Å². The molecule has 0 amide bonds. The third-order valence-electron chi connectivity index (χ3n) is 2.98. The lowest BCUT2D eigenvalue weighted by Crippen LogP contribution is -2.15. The van der Waals surface area contributed by atoms with Crippen molar-refractivity contribution in [3.8, 4) is 0 Å². The van der Waals surface area contributed by atoms with E-state index in [1.807, 2.05) is 6.08 Å². The molecule has 1 aromatic rings. The van der Waals surface area contributed by atoms with Crippen molar-refractivity contribution in [3.63, 3.8) is 0 Å². The molecule has 1 aromatic carbocycles. The average molecular weight is 215 g/mol. The van der Waals surface area contributed by atoms with Crippen LogP contribution in [0.1, 0.15) is 43.4 Å². The van der Waals surface area contributed by atoms with Crippen molar-refractivity contribution in [1.29, 1.82) is 5.41 Å². The third-order valence-corrected chi connectivity index (χ3v) is 2.98. The summed E-state index contributed by atoms with van der Waals surface area (Å²) in [5, 5.41) is 7.42. The molecule has 0 bridgehead atoms. The summed E-state index contributed by atoms with van der Waals surface area (Å²) < 4.78 is 0. The van der Waals surface area contributed by atoms with Gasteiger partial charge >= 0.3 is 0 Å². The summed E-state index contributed by atoms with van der Waals surface area (Å²) in [7, 11) is 0. The van der Waals surface area contributed by atoms with Crippen LogP contribution in [0.3, 0.4) is 0 Å². The number of benzene rings is 1. The van der Waals surface area contributed by atoms with Crippen LogP contribution in [0.25, 0.3) is 0 Å². The molecule has 1 nitrogen and oxygen atoms in total. The van der Waals surface area contributed by atoms with Crippen molar-refractivity contribution in [3.05, 3.63) is 47.5 Å². The summed E-state index contributed by atoms with van der Waals surface area (Å²) in [5.41, 5.74) is 3.97. The highest BCUT2D eigenvalue weighted by atomic mass is 14.4. The summed E-state index contributed by atoms with van der Waals surface area (Å²) in [6.45, 7) is 12.6. The van der Waals surface area contributed by atoms with E-state index in [-0.39, 0.29) is 11.3 Å². The zero-order chi connectivity index (χ0) is 12.3. The molecule has 0 heterocycles. The molecule has 0 spiro atoms. The Bertz CT molecular complexity index is 388. The van der Waals surface area contributed by atoms with Crippen LogP contribution in [-0.2, 0) is 5.41 Å². The van der Waals surface area contributed by atoms with Crippen molar-refractivity contribution >= 4 is 6.21 Å². The summed E-state index contributed by atoms with van der Waals surface area (Å²) in [4.78, 5) is 0. The van der Waals surface area contributed by atoms with Crippen LogP contribution in [0, 0.1) is 12.3 Å². The second kappa shape index (κ2) is 4.65. The first-order valence-corrected chi connectivity index (χ1v) is 5.65. The highest BCUT2D eigenvalue weighted by Gasteiger charge is 2.19. The topological polar surface area (TPSA) is 23.9 Å². The van der Waals surface area contributed by atoms with E-state index in [0.717, 1.165) is 0 Å². The Balaban J connectivity index is 3.34. The van der Waals surface area contributed by atoms with Crippen LogP contribution in [0.5, 0.6) is 0 Å².